The predicted octanol–water partition coefficient (Wildman–Crippen LogP) is 1.64. The van der Waals surface area contributed by atoms with Gasteiger partial charge < -0.3 is 4.90 Å². The second-order valence-electron chi connectivity index (χ2n) is 3.65. The van der Waals surface area contributed by atoms with Gasteiger partial charge in [0.1, 0.15) is 0 Å². The van der Waals surface area contributed by atoms with Crippen molar-refractivity contribution in [1.29, 1.82) is 0 Å². The number of nitrogens with zero attached hydrogens (tertiary/aromatic N) is 2. The van der Waals surface area contributed by atoms with Gasteiger partial charge in [0.05, 0.1) is 0 Å². The summed E-state index contributed by atoms with van der Waals surface area (Å²) in [6, 6.07) is 0.776. The van der Waals surface area contributed by atoms with Crippen molar-refractivity contribution in [3.8, 4) is 0 Å². The molecule has 1 aliphatic heterocycles. The van der Waals surface area contributed by atoms with E-state index >= 15 is 0 Å². The van der Waals surface area contributed by atoms with Crippen LogP contribution in [-0.4, -0.2) is 54.4 Å². The third-order valence-electron chi connectivity index (χ3n) is 2.98. The summed E-state index contributed by atoms with van der Waals surface area (Å²) in [5.41, 5.74) is 0. The van der Waals surface area contributed by atoms with E-state index in [0.717, 1.165) is 18.5 Å². The van der Waals surface area contributed by atoms with Gasteiger partial charge in [-0.3, -0.25) is 4.90 Å². The number of likely N-dealkylation sites (tertiary alicyclic amines) is 1. The molecule has 0 amide bonds. The van der Waals surface area contributed by atoms with Crippen molar-refractivity contribution in [3.63, 3.8) is 0 Å². The Morgan fingerprint density at radius 1 is 1.38 bits per heavy atom. The van der Waals surface area contributed by atoms with Gasteiger partial charge in [-0.2, -0.15) is 0 Å². The number of halogens is 1. The van der Waals surface area contributed by atoms with Gasteiger partial charge in [-0.15, -0.1) is 11.6 Å². The van der Waals surface area contributed by atoms with E-state index in [1.165, 1.54) is 32.6 Å². The first-order valence-electron chi connectivity index (χ1n) is 5.34. The number of hydrogen-bond donors (Lipinski definition) is 0. The maximum absolute atomic E-state index is 5.72. The summed E-state index contributed by atoms with van der Waals surface area (Å²) >= 11 is 5.72. The maximum atomic E-state index is 5.72. The highest BCUT2D eigenvalue weighted by atomic mass is 35.5. The van der Waals surface area contributed by atoms with E-state index in [2.05, 4.69) is 23.6 Å². The molecule has 2 nitrogen and oxygen atoms in total. The first kappa shape index (κ1) is 11.3. The average molecular weight is 205 g/mol. The molecular weight excluding hydrogens is 184 g/mol. The van der Waals surface area contributed by atoms with Crippen molar-refractivity contribution < 1.29 is 0 Å². The molecule has 0 radical (unpaired) electrons. The number of rotatable bonds is 5. The molecular formula is C10H21ClN2. The molecule has 0 aromatic heterocycles. The monoisotopic (exact) mass is 204 g/mol. The Morgan fingerprint density at radius 2 is 2.08 bits per heavy atom. The SMILES string of the molecule is CCN(CC)C1CCN(CCCl)C1. The zero-order valence-electron chi connectivity index (χ0n) is 8.80. The van der Waals surface area contributed by atoms with Crippen LogP contribution in [0, 0.1) is 0 Å². The number of hydrogen-bond acceptors (Lipinski definition) is 2. The van der Waals surface area contributed by atoms with E-state index in [4.69, 9.17) is 11.6 Å². The van der Waals surface area contributed by atoms with E-state index in [1.54, 1.807) is 0 Å². The Bertz CT molecular complexity index is 137. The Morgan fingerprint density at radius 3 is 2.62 bits per heavy atom. The van der Waals surface area contributed by atoms with Crippen LogP contribution in [0.4, 0.5) is 0 Å². The second kappa shape index (κ2) is 5.84. The molecule has 0 saturated carbocycles. The van der Waals surface area contributed by atoms with Gasteiger partial charge in [0.25, 0.3) is 0 Å². The van der Waals surface area contributed by atoms with Gasteiger partial charge >= 0.3 is 0 Å². The Balaban J connectivity index is 2.30. The van der Waals surface area contributed by atoms with E-state index < -0.39 is 0 Å². The van der Waals surface area contributed by atoms with Crippen LogP contribution < -0.4 is 0 Å². The summed E-state index contributed by atoms with van der Waals surface area (Å²) in [4.78, 5) is 5.02. The highest BCUT2D eigenvalue weighted by Crippen LogP contribution is 2.14. The lowest BCUT2D eigenvalue weighted by atomic mass is 10.2. The van der Waals surface area contributed by atoms with Gasteiger partial charge in [0, 0.05) is 25.0 Å². The lowest BCUT2D eigenvalue weighted by molar-refractivity contribution is 0.213. The molecule has 0 N–H and O–H groups in total. The summed E-state index contributed by atoms with van der Waals surface area (Å²) in [5.74, 6) is 0.769. The fraction of sp³-hybridized carbons (Fsp3) is 1.00. The molecule has 0 spiro atoms. The van der Waals surface area contributed by atoms with E-state index in [9.17, 15) is 0 Å². The highest BCUT2D eigenvalue weighted by Gasteiger charge is 2.25. The minimum Gasteiger partial charge on any atom is -0.301 e. The van der Waals surface area contributed by atoms with Crippen LogP contribution in [0.5, 0.6) is 0 Å². The largest absolute Gasteiger partial charge is 0.301 e. The Hall–Kier alpha value is 0.210. The molecule has 0 aromatic rings. The molecule has 0 bridgehead atoms. The van der Waals surface area contributed by atoms with Crippen molar-refractivity contribution in [3.05, 3.63) is 0 Å². The summed E-state index contributed by atoms with van der Waals surface area (Å²) in [7, 11) is 0. The molecule has 1 saturated heterocycles. The third-order valence-corrected chi connectivity index (χ3v) is 3.15. The van der Waals surface area contributed by atoms with Gasteiger partial charge in [-0.1, -0.05) is 13.8 Å². The van der Waals surface area contributed by atoms with Crippen LogP contribution in [0.2, 0.25) is 0 Å². The number of alkyl halides is 1. The zero-order valence-corrected chi connectivity index (χ0v) is 9.56. The van der Waals surface area contributed by atoms with Gasteiger partial charge in [0.2, 0.25) is 0 Å². The van der Waals surface area contributed by atoms with Crippen LogP contribution in [-0.2, 0) is 0 Å². The molecule has 1 rings (SSSR count). The predicted molar refractivity (Wildman–Crippen MR) is 58.5 cm³/mol. The molecule has 1 aliphatic rings. The minimum atomic E-state index is 0.769. The average Bonchev–Trinajstić information content (AvgIpc) is 2.56. The van der Waals surface area contributed by atoms with Crippen molar-refractivity contribution in [1.82, 2.24) is 9.80 Å². The Kier molecular flexibility index (Phi) is 5.07. The smallest absolute Gasteiger partial charge is 0.0351 e. The molecule has 78 valence electrons. The fourth-order valence-electron chi connectivity index (χ4n) is 2.17. The van der Waals surface area contributed by atoms with Crippen LogP contribution in [0.15, 0.2) is 0 Å². The lowest BCUT2D eigenvalue weighted by Gasteiger charge is -2.26. The van der Waals surface area contributed by atoms with Crippen LogP contribution in [0.3, 0.4) is 0 Å². The molecule has 1 atom stereocenters. The van der Waals surface area contributed by atoms with E-state index in [-0.39, 0.29) is 0 Å². The van der Waals surface area contributed by atoms with Gasteiger partial charge in [0.15, 0.2) is 0 Å². The third kappa shape index (κ3) is 3.12. The quantitative estimate of drug-likeness (QED) is 0.629. The van der Waals surface area contributed by atoms with Crippen molar-refractivity contribution >= 4 is 11.6 Å². The van der Waals surface area contributed by atoms with Gasteiger partial charge in [-0.25, -0.2) is 0 Å². The van der Waals surface area contributed by atoms with E-state index in [1.807, 2.05) is 0 Å². The van der Waals surface area contributed by atoms with Crippen molar-refractivity contribution in [2.24, 2.45) is 0 Å². The first-order chi connectivity index (χ1) is 6.31. The van der Waals surface area contributed by atoms with Crippen LogP contribution >= 0.6 is 11.6 Å². The fourth-order valence-corrected chi connectivity index (χ4v) is 2.41. The minimum absolute atomic E-state index is 0.769. The highest BCUT2D eigenvalue weighted by molar-refractivity contribution is 6.18. The summed E-state index contributed by atoms with van der Waals surface area (Å²) in [6.45, 7) is 10.3. The molecule has 1 unspecified atom stereocenters. The molecule has 13 heavy (non-hydrogen) atoms. The lowest BCUT2D eigenvalue weighted by Crippen LogP contribution is -2.37. The summed E-state index contributed by atoms with van der Waals surface area (Å²) < 4.78 is 0. The van der Waals surface area contributed by atoms with Crippen molar-refractivity contribution in [2.45, 2.75) is 26.3 Å². The normalized spacial score (nSPS) is 24.5. The summed E-state index contributed by atoms with van der Waals surface area (Å²) in [5, 5.41) is 0. The van der Waals surface area contributed by atoms with Gasteiger partial charge in [-0.05, 0) is 26.1 Å². The first-order valence-corrected chi connectivity index (χ1v) is 5.87. The van der Waals surface area contributed by atoms with Crippen LogP contribution in [0.25, 0.3) is 0 Å². The Labute approximate surface area is 86.8 Å². The molecule has 3 heteroatoms. The van der Waals surface area contributed by atoms with Crippen LogP contribution in [0.1, 0.15) is 20.3 Å². The topological polar surface area (TPSA) is 6.48 Å². The summed E-state index contributed by atoms with van der Waals surface area (Å²) in [6.07, 6.45) is 1.32. The molecule has 0 aromatic carbocycles. The maximum Gasteiger partial charge on any atom is 0.0351 e. The standard InChI is InChI=1S/C10H21ClN2/c1-3-13(4-2)10-5-7-12(9-10)8-6-11/h10H,3-9H2,1-2H3. The second-order valence-corrected chi connectivity index (χ2v) is 4.03. The van der Waals surface area contributed by atoms with Crippen molar-refractivity contribution in [2.75, 3.05) is 38.6 Å². The molecule has 0 aliphatic carbocycles. The molecule has 1 fully saturated rings. The molecule has 1 heterocycles. The number of likely N-dealkylation sites (N-methyl/N-ethyl adjacent to an activating group) is 1. The van der Waals surface area contributed by atoms with E-state index in [0.29, 0.717) is 0 Å². The zero-order chi connectivity index (χ0) is 9.68.